The van der Waals surface area contributed by atoms with E-state index in [4.69, 9.17) is 0 Å². The first kappa shape index (κ1) is 19.1. The number of H-pyrrole nitrogens is 1. The minimum Gasteiger partial charge on any atom is -0.354 e. The van der Waals surface area contributed by atoms with Crippen LogP contribution in [0, 0.1) is 10.1 Å². The molecule has 0 radical (unpaired) electrons. The maximum Gasteiger partial charge on any atom is 0.306 e. The maximum absolute atomic E-state index is 10.7. The summed E-state index contributed by atoms with van der Waals surface area (Å²) in [7, 11) is 3.62. The Balaban J connectivity index is 1.53. The summed E-state index contributed by atoms with van der Waals surface area (Å²) in [5.74, 6) is 1.52. The van der Waals surface area contributed by atoms with Crippen molar-refractivity contribution in [2.24, 2.45) is 4.99 Å². The fraction of sp³-hybridized carbons (Fsp3) is 0.278. The second-order valence-corrected chi connectivity index (χ2v) is 6.16. The van der Waals surface area contributed by atoms with Crippen LogP contribution in [-0.4, -0.2) is 56.2 Å². The van der Waals surface area contributed by atoms with Crippen molar-refractivity contribution in [3.05, 3.63) is 64.9 Å². The molecule has 28 heavy (non-hydrogen) atoms. The largest absolute Gasteiger partial charge is 0.354 e. The summed E-state index contributed by atoms with van der Waals surface area (Å²) < 4.78 is 1.52. The van der Waals surface area contributed by atoms with Crippen molar-refractivity contribution in [1.82, 2.24) is 30.0 Å². The Labute approximate surface area is 162 Å². The molecular formula is C18H22N8O2. The number of nitrogens with one attached hydrogen (secondary N) is 2. The molecule has 0 aliphatic heterocycles. The van der Waals surface area contributed by atoms with E-state index >= 15 is 0 Å². The summed E-state index contributed by atoms with van der Waals surface area (Å²) in [4.78, 5) is 24.2. The normalized spacial score (nSPS) is 11.4. The molecule has 0 aliphatic carbocycles. The minimum absolute atomic E-state index is 0.0199. The van der Waals surface area contributed by atoms with Crippen LogP contribution in [-0.2, 0) is 13.1 Å². The molecule has 0 saturated heterocycles. The molecule has 10 nitrogen and oxygen atoms in total. The summed E-state index contributed by atoms with van der Waals surface area (Å²) >= 11 is 0. The summed E-state index contributed by atoms with van der Waals surface area (Å²) in [5.41, 5.74) is 2.03. The zero-order chi connectivity index (χ0) is 19.9. The summed E-state index contributed by atoms with van der Waals surface area (Å²) in [6.45, 7) is 1.57. The Bertz CT molecular complexity index is 947. The number of aliphatic imine (C=N–C) groups is 1. The fourth-order valence-electron chi connectivity index (χ4n) is 2.74. The van der Waals surface area contributed by atoms with E-state index in [0.29, 0.717) is 25.6 Å². The van der Waals surface area contributed by atoms with Gasteiger partial charge in [-0.05, 0) is 5.56 Å². The lowest BCUT2D eigenvalue weighted by Gasteiger charge is -2.21. The second-order valence-electron chi connectivity index (χ2n) is 6.16. The molecule has 2 N–H and O–H groups in total. The first-order valence-corrected chi connectivity index (χ1v) is 8.74. The first-order valence-electron chi connectivity index (χ1n) is 8.74. The van der Waals surface area contributed by atoms with Crippen LogP contribution < -0.4 is 5.32 Å². The van der Waals surface area contributed by atoms with Gasteiger partial charge in [-0.2, -0.15) is 5.10 Å². The molecule has 0 unspecified atom stereocenters. The average Bonchev–Trinajstić information content (AvgIpc) is 3.35. The Morgan fingerprint density at radius 1 is 1.36 bits per heavy atom. The predicted molar refractivity (Wildman–Crippen MR) is 106 cm³/mol. The molecule has 1 aromatic carbocycles. The van der Waals surface area contributed by atoms with Crippen LogP contribution in [0.5, 0.6) is 0 Å². The second kappa shape index (κ2) is 8.80. The summed E-state index contributed by atoms with van der Waals surface area (Å²) in [6, 6.07) is 10.0. The third-order valence-electron chi connectivity index (χ3n) is 4.13. The van der Waals surface area contributed by atoms with Gasteiger partial charge in [0.2, 0.25) is 0 Å². The SMILES string of the molecule is CN=C(NCCn1cc([N+](=O)[O-])cn1)N(C)Cc1ncc(-c2ccccc2)[nH]1. The zero-order valence-electron chi connectivity index (χ0n) is 15.7. The van der Waals surface area contributed by atoms with E-state index in [2.05, 4.69) is 25.4 Å². The van der Waals surface area contributed by atoms with E-state index in [9.17, 15) is 10.1 Å². The molecule has 3 rings (SSSR count). The highest BCUT2D eigenvalue weighted by atomic mass is 16.6. The van der Waals surface area contributed by atoms with Gasteiger partial charge in [0.15, 0.2) is 5.96 Å². The molecule has 10 heteroatoms. The zero-order valence-corrected chi connectivity index (χ0v) is 15.7. The highest BCUT2D eigenvalue weighted by Crippen LogP contribution is 2.16. The van der Waals surface area contributed by atoms with Crippen LogP contribution in [0.15, 0.2) is 53.9 Å². The lowest BCUT2D eigenvalue weighted by Crippen LogP contribution is -2.40. The van der Waals surface area contributed by atoms with Gasteiger partial charge < -0.3 is 15.2 Å². The topological polar surface area (TPSA) is 117 Å². The average molecular weight is 382 g/mol. The lowest BCUT2D eigenvalue weighted by molar-refractivity contribution is -0.385. The van der Waals surface area contributed by atoms with Crippen molar-refractivity contribution in [1.29, 1.82) is 0 Å². The van der Waals surface area contributed by atoms with E-state index in [1.54, 1.807) is 7.05 Å². The van der Waals surface area contributed by atoms with E-state index in [1.165, 1.54) is 17.1 Å². The standard InChI is InChI=1S/C18H22N8O2/c1-19-18(20-8-9-25-12-15(10-22-25)26(27)28)24(2)13-17-21-11-16(23-17)14-6-4-3-5-7-14/h3-7,10-12H,8-9,13H2,1-2H3,(H,19,20)(H,21,23). The van der Waals surface area contributed by atoms with Crippen LogP contribution in [0.4, 0.5) is 5.69 Å². The molecule has 2 heterocycles. The van der Waals surface area contributed by atoms with Crippen molar-refractivity contribution in [3.8, 4) is 11.3 Å². The molecule has 0 fully saturated rings. The molecule has 0 atom stereocenters. The van der Waals surface area contributed by atoms with Gasteiger partial charge >= 0.3 is 5.69 Å². The number of aromatic amines is 1. The van der Waals surface area contributed by atoms with E-state index < -0.39 is 4.92 Å². The lowest BCUT2D eigenvalue weighted by atomic mass is 10.2. The van der Waals surface area contributed by atoms with Gasteiger partial charge in [-0.3, -0.25) is 19.8 Å². The number of guanidine groups is 1. The van der Waals surface area contributed by atoms with Gasteiger partial charge in [-0.15, -0.1) is 0 Å². The van der Waals surface area contributed by atoms with Crippen LogP contribution >= 0.6 is 0 Å². The van der Waals surface area contributed by atoms with Crippen LogP contribution in [0.1, 0.15) is 5.82 Å². The smallest absolute Gasteiger partial charge is 0.306 e. The molecular weight excluding hydrogens is 360 g/mol. The van der Waals surface area contributed by atoms with Gasteiger partial charge in [0.1, 0.15) is 18.2 Å². The number of nitro groups is 1. The van der Waals surface area contributed by atoms with Gasteiger partial charge in [0.25, 0.3) is 0 Å². The molecule has 0 amide bonds. The quantitative estimate of drug-likeness (QED) is 0.279. The monoisotopic (exact) mass is 382 g/mol. The first-order chi connectivity index (χ1) is 13.6. The molecule has 0 saturated carbocycles. The number of rotatable bonds is 7. The number of imidazole rings is 1. The van der Waals surface area contributed by atoms with Crippen molar-refractivity contribution in [2.45, 2.75) is 13.1 Å². The van der Waals surface area contributed by atoms with Gasteiger partial charge in [-0.1, -0.05) is 30.3 Å². The Hall–Kier alpha value is -3.69. The summed E-state index contributed by atoms with van der Waals surface area (Å²) in [6.07, 6.45) is 4.46. The fourth-order valence-corrected chi connectivity index (χ4v) is 2.74. The summed E-state index contributed by atoms with van der Waals surface area (Å²) in [5, 5.41) is 17.9. The number of benzene rings is 1. The Kier molecular flexibility index (Phi) is 6.00. The Morgan fingerprint density at radius 3 is 2.82 bits per heavy atom. The third kappa shape index (κ3) is 4.72. The Morgan fingerprint density at radius 2 is 2.14 bits per heavy atom. The molecule has 0 aliphatic rings. The highest BCUT2D eigenvalue weighted by molar-refractivity contribution is 5.79. The van der Waals surface area contributed by atoms with Crippen LogP contribution in [0.3, 0.4) is 0 Å². The molecule has 0 bridgehead atoms. The minimum atomic E-state index is -0.462. The third-order valence-corrected chi connectivity index (χ3v) is 4.13. The van der Waals surface area contributed by atoms with E-state index in [-0.39, 0.29) is 5.69 Å². The van der Waals surface area contributed by atoms with Crippen molar-refractivity contribution >= 4 is 11.6 Å². The molecule has 0 spiro atoms. The van der Waals surface area contributed by atoms with Crippen LogP contribution in [0.25, 0.3) is 11.3 Å². The molecule has 3 aromatic rings. The van der Waals surface area contributed by atoms with Gasteiger partial charge in [0, 0.05) is 20.6 Å². The van der Waals surface area contributed by atoms with E-state index in [0.717, 1.165) is 17.1 Å². The number of nitrogens with zero attached hydrogens (tertiary/aromatic N) is 6. The number of aromatic nitrogens is 4. The number of hydrogen-bond acceptors (Lipinski definition) is 5. The van der Waals surface area contributed by atoms with Crippen molar-refractivity contribution < 1.29 is 4.92 Å². The maximum atomic E-state index is 10.7. The molecule has 2 aromatic heterocycles. The predicted octanol–water partition coefficient (Wildman–Crippen LogP) is 1.89. The van der Waals surface area contributed by atoms with Crippen molar-refractivity contribution in [3.63, 3.8) is 0 Å². The highest BCUT2D eigenvalue weighted by Gasteiger charge is 2.11. The van der Waals surface area contributed by atoms with E-state index in [1.807, 2.05) is 48.5 Å². The number of hydrogen-bond donors (Lipinski definition) is 2. The van der Waals surface area contributed by atoms with Gasteiger partial charge in [0.05, 0.1) is 29.9 Å². The van der Waals surface area contributed by atoms with Gasteiger partial charge in [-0.25, -0.2) is 4.98 Å². The van der Waals surface area contributed by atoms with Crippen LogP contribution in [0.2, 0.25) is 0 Å². The molecule has 146 valence electrons. The van der Waals surface area contributed by atoms with Crippen molar-refractivity contribution in [2.75, 3.05) is 20.6 Å².